The molecule has 110 valence electrons. The van der Waals surface area contributed by atoms with Gasteiger partial charge in [0.25, 0.3) is 0 Å². The molecule has 1 saturated heterocycles. The molecule has 1 aromatic rings. The van der Waals surface area contributed by atoms with E-state index in [1.807, 2.05) is 6.07 Å². The number of methoxy groups -OCH3 is 1. The summed E-state index contributed by atoms with van der Waals surface area (Å²) in [6, 6.07) is 4.77. The minimum Gasteiger partial charge on any atom is -0.486 e. The van der Waals surface area contributed by atoms with E-state index in [2.05, 4.69) is 11.4 Å². The number of rotatable bonds is 4. The minimum absolute atomic E-state index is 0.571. The first-order valence-electron chi connectivity index (χ1n) is 7.51. The molecule has 20 heavy (non-hydrogen) atoms. The smallest absolute Gasteiger partial charge is 0.167 e. The molecule has 0 aromatic heterocycles. The number of piperidine rings is 1. The zero-order valence-electron chi connectivity index (χ0n) is 12.1. The van der Waals surface area contributed by atoms with Crippen molar-refractivity contribution in [3.05, 3.63) is 23.3 Å². The molecule has 4 nitrogen and oxygen atoms in total. The molecule has 0 spiro atoms. The molecule has 1 fully saturated rings. The Morgan fingerprint density at radius 1 is 1.25 bits per heavy atom. The van der Waals surface area contributed by atoms with E-state index in [9.17, 15) is 0 Å². The molecule has 0 radical (unpaired) electrons. The summed E-state index contributed by atoms with van der Waals surface area (Å²) < 4.78 is 16.8. The van der Waals surface area contributed by atoms with Crippen molar-refractivity contribution >= 4 is 0 Å². The molecule has 1 unspecified atom stereocenters. The van der Waals surface area contributed by atoms with E-state index in [4.69, 9.17) is 14.2 Å². The maximum atomic E-state index is 5.81. The SMILES string of the molecule is COCc1c(CC2CCCCN2)ccc2c1OCCO2. The van der Waals surface area contributed by atoms with E-state index in [-0.39, 0.29) is 0 Å². The molecule has 0 aliphatic carbocycles. The highest BCUT2D eigenvalue weighted by Crippen LogP contribution is 2.37. The molecule has 2 aliphatic rings. The third-order valence-corrected chi connectivity index (χ3v) is 4.08. The van der Waals surface area contributed by atoms with Crippen LogP contribution >= 0.6 is 0 Å². The van der Waals surface area contributed by atoms with Crippen LogP contribution in [0.2, 0.25) is 0 Å². The van der Waals surface area contributed by atoms with Crippen molar-refractivity contribution in [3.63, 3.8) is 0 Å². The fourth-order valence-electron chi connectivity index (χ4n) is 3.07. The Bertz CT molecular complexity index is 455. The first-order valence-corrected chi connectivity index (χ1v) is 7.51. The molecule has 1 atom stereocenters. The van der Waals surface area contributed by atoms with Crippen LogP contribution in [-0.4, -0.2) is 32.9 Å². The highest BCUT2D eigenvalue weighted by atomic mass is 16.6. The lowest BCUT2D eigenvalue weighted by molar-refractivity contribution is 0.152. The number of nitrogens with one attached hydrogen (secondary N) is 1. The monoisotopic (exact) mass is 277 g/mol. The van der Waals surface area contributed by atoms with Gasteiger partial charge in [-0.2, -0.15) is 0 Å². The Labute approximate surface area is 120 Å². The Kier molecular flexibility index (Phi) is 4.43. The van der Waals surface area contributed by atoms with E-state index in [0.29, 0.717) is 25.9 Å². The zero-order valence-corrected chi connectivity index (χ0v) is 12.1. The van der Waals surface area contributed by atoms with Gasteiger partial charge in [-0.15, -0.1) is 0 Å². The molecule has 1 N–H and O–H groups in total. The number of hydrogen-bond acceptors (Lipinski definition) is 4. The van der Waals surface area contributed by atoms with Crippen LogP contribution in [0.4, 0.5) is 0 Å². The molecule has 3 rings (SSSR count). The van der Waals surface area contributed by atoms with Crippen molar-refractivity contribution in [2.24, 2.45) is 0 Å². The van der Waals surface area contributed by atoms with Crippen LogP contribution in [0, 0.1) is 0 Å². The Morgan fingerprint density at radius 3 is 2.95 bits per heavy atom. The van der Waals surface area contributed by atoms with Crippen LogP contribution in [0.15, 0.2) is 12.1 Å². The second-order valence-electron chi connectivity index (χ2n) is 5.51. The number of ether oxygens (including phenoxy) is 3. The zero-order chi connectivity index (χ0) is 13.8. The van der Waals surface area contributed by atoms with Crippen LogP contribution in [0.1, 0.15) is 30.4 Å². The summed E-state index contributed by atoms with van der Waals surface area (Å²) in [6.45, 7) is 2.96. The summed E-state index contributed by atoms with van der Waals surface area (Å²) in [5, 5.41) is 3.60. The summed E-state index contributed by atoms with van der Waals surface area (Å²) in [5.74, 6) is 1.73. The molecule has 0 amide bonds. The number of fused-ring (bicyclic) bond motifs is 1. The lowest BCUT2D eigenvalue weighted by atomic mass is 9.94. The second kappa shape index (κ2) is 6.46. The number of benzene rings is 1. The third kappa shape index (κ3) is 2.91. The molecule has 2 heterocycles. The van der Waals surface area contributed by atoms with Crippen LogP contribution in [0.3, 0.4) is 0 Å². The van der Waals surface area contributed by atoms with Crippen molar-refractivity contribution in [1.82, 2.24) is 5.32 Å². The fourth-order valence-corrected chi connectivity index (χ4v) is 3.07. The van der Waals surface area contributed by atoms with Gasteiger partial charge in [0.15, 0.2) is 11.5 Å². The second-order valence-corrected chi connectivity index (χ2v) is 5.51. The van der Waals surface area contributed by atoms with Gasteiger partial charge in [0, 0.05) is 18.7 Å². The van der Waals surface area contributed by atoms with Gasteiger partial charge >= 0.3 is 0 Å². The lowest BCUT2D eigenvalue weighted by Gasteiger charge is -2.27. The van der Waals surface area contributed by atoms with Gasteiger partial charge in [0.2, 0.25) is 0 Å². The van der Waals surface area contributed by atoms with Crippen LogP contribution < -0.4 is 14.8 Å². The maximum absolute atomic E-state index is 5.81. The van der Waals surface area contributed by atoms with E-state index in [1.165, 1.54) is 24.8 Å². The van der Waals surface area contributed by atoms with Gasteiger partial charge < -0.3 is 19.5 Å². The van der Waals surface area contributed by atoms with E-state index < -0.39 is 0 Å². The molecule has 4 heteroatoms. The Balaban J connectivity index is 1.84. The van der Waals surface area contributed by atoms with E-state index >= 15 is 0 Å². The van der Waals surface area contributed by atoms with Gasteiger partial charge in [-0.25, -0.2) is 0 Å². The Morgan fingerprint density at radius 2 is 2.15 bits per heavy atom. The Hall–Kier alpha value is -1.26. The number of hydrogen-bond donors (Lipinski definition) is 1. The first-order chi connectivity index (χ1) is 9.88. The average Bonchev–Trinajstić information content (AvgIpc) is 2.51. The van der Waals surface area contributed by atoms with Crippen LogP contribution in [0.25, 0.3) is 0 Å². The van der Waals surface area contributed by atoms with Crippen molar-refractivity contribution in [3.8, 4) is 11.5 Å². The van der Waals surface area contributed by atoms with Crippen molar-refractivity contribution in [1.29, 1.82) is 0 Å². The standard InChI is InChI=1S/C16H23NO3/c1-18-11-14-12(10-13-4-2-3-7-17-13)5-6-15-16(14)20-9-8-19-15/h5-6,13,17H,2-4,7-11H2,1H3. The van der Waals surface area contributed by atoms with E-state index in [1.54, 1.807) is 7.11 Å². The normalized spacial score (nSPS) is 21.8. The highest BCUT2D eigenvalue weighted by molar-refractivity contribution is 5.51. The minimum atomic E-state index is 0.571. The van der Waals surface area contributed by atoms with Crippen molar-refractivity contribution < 1.29 is 14.2 Å². The third-order valence-electron chi connectivity index (χ3n) is 4.08. The molecule has 2 aliphatic heterocycles. The first kappa shape index (κ1) is 13.7. The van der Waals surface area contributed by atoms with Gasteiger partial charge in [0.1, 0.15) is 13.2 Å². The van der Waals surface area contributed by atoms with E-state index in [0.717, 1.165) is 30.0 Å². The molecule has 1 aromatic carbocycles. The van der Waals surface area contributed by atoms with Crippen LogP contribution in [-0.2, 0) is 17.8 Å². The topological polar surface area (TPSA) is 39.7 Å². The quantitative estimate of drug-likeness (QED) is 0.916. The molecular weight excluding hydrogens is 254 g/mol. The fraction of sp³-hybridized carbons (Fsp3) is 0.625. The summed E-state index contributed by atoms with van der Waals surface area (Å²) in [6.07, 6.45) is 4.90. The largest absolute Gasteiger partial charge is 0.486 e. The predicted molar refractivity (Wildman–Crippen MR) is 77.5 cm³/mol. The average molecular weight is 277 g/mol. The van der Waals surface area contributed by atoms with Gasteiger partial charge in [-0.1, -0.05) is 12.5 Å². The van der Waals surface area contributed by atoms with Gasteiger partial charge in [-0.3, -0.25) is 0 Å². The highest BCUT2D eigenvalue weighted by Gasteiger charge is 2.21. The maximum Gasteiger partial charge on any atom is 0.167 e. The van der Waals surface area contributed by atoms with Gasteiger partial charge in [-0.05, 0) is 37.4 Å². The van der Waals surface area contributed by atoms with Crippen molar-refractivity contribution in [2.75, 3.05) is 26.9 Å². The molecule has 0 bridgehead atoms. The summed E-state index contributed by atoms with van der Waals surface area (Å²) in [5.41, 5.74) is 2.47. The summed E-state index contributed by atoms with van der Waals surface area (Å²) in [7, 11) is 1.73. The van der Waals surface area contributed by atoms with Gasteiger partial charge in [0.05, 0.1) is 6.61 Å². The molecule has 0 saturated carbocycles. The summed E-state index contributed by atoms with van der Waals surface area (Å²) in [4.78, 5) is 0. The van der Waals surface area contributed by atoms with Crippen LogP contribution in [0.5, 0.6) is 11.5 Å². The lowest BCUT2D eigenvalue weighted by Crippen LogP contribution is -2.35. The summed E-state index contributed by atoms with van der Waals surface area (Å²) >= 11 is 0. The molecular formula is C16H23NO3. The van der Waals surface area contributed by atoms with Crippen molar-refractivity contribution in [2.45, 2.75) is 38.3 Å². The predicted octanol–water partition coefficient (Wildman–Crippen LogP) is 2.29.